The summed E-state index contributed by atoms with van der Waals surface area (Å²) in [5.41, 5.74) is 13.9. The number of benzene rings is 9. The Morgan fingerprint density at radius 1 is 0.407 bits per heavy atom. The van der Waals surface area contributed by atoms with Gasteiger partial charge >= 0.3 is 0 Å². The van der Waals surface area contributed by atoms with Crippen molar-refractivity contribution in [2.45, 2.75) is 5.41 Å². The van der Waals surface area contributed by atoms with Crippen LogP contribution in [0.5, 0.6) is 11.5 Å². The van der Waals surface area contributed by atoms with E-state index in [2.05, 4.69) is 205 Å². The minimum Gasteiger partial charge on any atom is -0.457 e. The van der Waals surface area contributed by atoms with Gasteiger partial charge in [-0.2, -0.15) is 0 Å². The SMILES string of the molecule is c1ccc(-c2ccc(-c3nc(-n4c5cc6c(cc5c5ccc7ccccc7c54)Oc4ccccc4C64c5ccccc5-c5ccccc54)nc4ccccc34)cc2)cc1. The molecule has 9 aromatic carbocycles. The van der Waals surface area contributed by atoms with E-state index < -0.39 is 5.41 Å². The van der Waals surface area contributed by atoms with Crippen LogP contribution in [-0.2, 0) is 5.41 Å². The highest BCUT2D eigenvalue weighted by Crippen LogP contribution is 2.62. The Kier molecular flexibility index (Phi) is 6.62. The lowest BCUT2D eigenvalue weighted by Crippen LogP contribution is -2.32. The summed E-state index contributed by atoms with van der Waals surface area (Å²) in [5.74, 6) is 2.36. The average Bonchev–Trinajstić information content (AvgIpc) is 3.79. The van der Waals surface area contributed by atoms with Gasteiger partial charge in [0.1, 0.15) is 11.5 Å². The van der Waals surface area contributed by atoms with Gasteiger partial charge in [-0.25, -0.2) is 9.97 Å². The number of aromatic nitrogens is 3. The van der Waals surface area contributed by atoms with Crippen molar-refractivity contribution in [2.75, 3.05) is 0 Å². The van der Waals surface area contributed by atoms with Crippen LogP contribution in [0.3, 0.4) is 0 Å². The van der Waals surface area contributed by atoms with Crippen LogP contribution in [0.1, 0.15) is 22.3 Å². The zero-order valence-corrected chi connectivity index (χ0v) is 31.8. The van der Waals surface area contributed by atoms with Crippen molar-refractivity contribution in [1.29, 1.82) is 0 Å². The molecular weight excluding hydrogens is 719 g/mol. The topological polar surface area (TPSA) is 39.9 Å². The van der Waals surface area contributed by atoms with Gasteiger partial charge in [-0.1, -0.05) is 176 Å². The smallest absolute Gasteiger partial charge is 0.235 e. The molecule has 1 spiro atoms. The lowest BCUT2D eigenvalue weighted by Gasteiger charge is -2.39. The molecule has 4 heteroatoms. The van der Waals surface area contributed by atoms with Crippen LogP contribution in [0.15, 0.2) is 200 Å². The second-order valence-corrected chi connectivity index (χ2v) is 15.7. The van der Waals surface area contributed by atoms with Crippen molar-refractivity contribution in [3.05, 3.63) is 222 Å². The summed E-state index contributed by atoms with van der Waals surface area (Å²) in [6.45, 7) is 0. The molecule has 13 rings (SSSR count). The van der Waals surface area contributed by atoms with Crippen molar-refractivity contribution in [3.63, 3.8) is 0 Å². The van der Waals surface area contributed by atoms with Crippen LogP contribution in [0.4, 0.5) is 0 Å². The van der Waals surface area contributed by atoms with E-state index >= 15 is 0 Å². The number of fused-ring (bicyclic) bond motifs is 15. The number of para-hydroxylation sites is 2. The van der Waals surface area contributed by atoms with Crippen LogP contribution in [0.2, 0.25) is 0 Å². The summed E-state index contributed by atoms with van der Waals surface area (Å²) in [7, 11) is 0. The number of hydrogen-bond acceptors (Lipinski definition) is 3. The van der Waals surface area contributed by atoms with Crippen LogP contribution < -0.4 is 4.74 Å². The van der Waals surface area contributed by atoms with E-state index in [1.807, 2.05) is 0 Å². The van der Waals surface area contributed by atoms with E-state index in [0.29, 0.717) is 5.95 Å². The van der Waals surface area contributed by atoms with Crippen LogP contribution in [-0.4, -0.2) is 14.5 Å². The van der Waals surface area contributed by atoms with Gasteiger partial charge in [0, 0.05) is 38.2 Å². The monoisotopic (exact) mass is 751 g/mol. The van der Waals surface area contributed by atoms with E-state index in [-0.39, 0.29) is 0 Å². The molecule has 0 saturated heterocycles. The predicted octanol–water partition coefficient (Wildman–Crippen LogP) is 13.7. The highest BCUT2D eigenvalue weighted by atomic mass is 16.5. The third-order valence-electron chi connectivity index (χ3n) is 12.7. The Bertz CT molecular complexity index is 3480. The fraction of sp³-hybridized carbons (Fsp3) is 0.0182. The molecule has 0 fully saturated rings. The van der Waals surface area contributed by atoms with E-state index in [1.165, 1.54) is 33.4 Å². The lowest BCUT2D eigenvalue weighted by molar-refractivity contribution is 0.437. The Morgan fingerprint density at radius 2 is 1.03 bits per heavy atom. The molecule has 0 saturated carbocycles. The van der Waals surface area contributed by atoms with Gasteiger partial charge in [-0.15, -0.1) is 0 Å². The molecule has 1 aliphatic carbocycles. The Balaban J connectivity index is 1.14. The number of nitrogens with zero attached hydrogens (tertiary/aromatic N) is 3. The number of rotatable bonds is 3. The highest BCUT2D eigenvalue weighted by molar-refractivity contribution is 6.19. The van der Waals surface area contributed by atoms with E-state index in [1.54, 1.807) is 0 Å². The Morgan fingerprint density at radius 3 is 1.83 bits per heavy atom. The molecule has 0 amide bonds. The van der Waals surface area contributed by atoms with Gasteiger partial charge < -0.3 is 4.74 Å². The van der Waals surface area contributed by atoms with Gasteiger partial charge in [0.2, 0.25) is 5.95 Å². The summed E-state index contributed by atoms with van der Waals surface area (Å²) in [5, 5.41) is 5.51. The van der Waals surface area contributed by atoms with Gasteiger partial charge in [-0.05, 0) is 63.0 Å². The van der Waals surface area contributed by atoms with Crippen molar-refractivity contribution in [3.8, 4) is 51.0 Å². The zero-order chi connectivity index (χ0) is 38.7. The molecule has 59 heavy (non-hydrogen) atoms. The molecule has 0 atom stereocenters. The first-order chi connectivity index (χ1) is 29.3. The van der Waals surface area contributed by atoms with Gasteiger partial charge in [-0.3, -0.25) is 4.57 Å². The minimum atomic E-state index is -0.606. The number of ether oxygens (including phenoxy) is 1. The normalized spacial score (nSPS) is 13.4. The van der Waals surface area contributed by atoms with E-state index in [4.69, 9.17) is 14.7 Å². The quantitative estimate of drug-likeness (QED) is 0.180. The molecule has 0 N–H and O–H groups in total. The van der Waals surface area contributed by atoms with Crippen LogP contribution >= 0.6 is 0 Å². The van der Waals surface area contributed by atoms with Gasteiger partial charge in [0.25, 0.3) is 0 Å². The van der Waals surface area contributed by atoms with Crippen molar-refractivity contribution >= 4 is 43.5 Å². The maximum absolute atomic E-state index is 6.99. The van der Waals surface area contributed by atoms with Crippen LogP contribution in [0.25, 0.3) is 82.9 Å². The van der Waals surface area contributed by atoms with Crippen molar-refractivity contribution in [2.24, 2.45) is 0 Å². The fourth-order valence-electron chi connectivity index (χ4n) is 10.2. The summed E-state index contributed by atoms with van der Waals surface area (Å²) in [4.78, 5) is 11.0. The van der Waals surface area contributed by atoms with Crippen molar-refractivity contribution < 1.29 is 4.74 Å². The first kappa shape index (κ1) is 32.3. The second-order valence-electron chi connectivity index (χ2n) is 15.7. The molecule has 3 heterocycles. The van der Waals surface area contributed by atoms with Gasteiger partial charge in [0.05, 0.1) is 27.7 Å². The maximum Gasteiger partial charge on any atom is 0.235 e. The molecule has 0 unspecified atom stereocenters. The van der Waals surface area contributed by atoms with Gasteiger partial charge in [0.15, 0.2) is 0 Å². The standard InChI is InChI=1S/C55H33N3O/c1-2-14-34(15-3-1)35-26-28-37(29-27-35)52-42-20-8-12-24-48(42)56-54(57-52)58-49-33-47-51(32-43(49)41-31-30-36-16-4-5-17-38(36)53(41)58)59-50-25-13-11-23-46(50)55(47)44-21-9-6-18-39(44)40-19-7-10-22-45(40)55/h1-33H. The van der Waals surface area contributed by atoms with Crippen LogP contribution in [0, 0.1) is 0 Å². The molecular formula is C55H33N3O. The first-order valence-corrected chi connectivity index (χ1v) is 20.2. The predicted molar refractivity (Wildman–Crippen MR) is 240 cm³/mol. The molecule has 2 aromatic heterocycles. The molecule has 0 bridgehead atoms. The maximum atomic E-state index is 6.99. The Hall–Kier alpha value is -7.82. The first-order valence-electron chi connectivity index (χ1n) is 20.2. The highest BCUT2D eigenvalue weighted by Gasteiger charge is 2.51. The average molecular weight is 752 g/mol. The summed E-state index contributed by atoms with van der Waals surface area (Å²) in [6.07, 6.45) is 0. The summed E-state index contributed by atoms with van der Waals surface area (Å²) in [6, 6.07) is 71.7. The molecule has 1 aliphatic heterocycles. The molecule has 0 radical (unpaired) electrons. The fourth-order valence-corrected chi connectivity index (χ4v) is 10.2. The minimum absolute atomic E-state index is 0.606. The van der Waals surface area contributed by atoms with E-state index in [9.17, 15) is 0 Å². The summed E-state index contributed by atoms with van der Waals surface area (Å²) >= 11 is 0. The molecule has 2 aliphatic rings. The molecule has 11 aromatic rings. The van der Waals surface area contributed by atoms with Crippen molar-refractivity contribution in [1.82, 2.24) is 14.5 Å². The lowest BCUT2D eigenvalue weighted by atomic mass is 9.66. The second kappa shape index (κ2) is 12.1. The summed E-state index contributed by atoms with van der Waals surface area (Å²) < 4.78 is 9.30. The molecule has 274 valence electrons. The molecule has 4 nitrogen and oxygen atoms in total. The Labute approximate surface area is 340 Å². The largest absolute Gasteiger partial charge is 0.457 e. The third kappa shape index (κ3) is 4.43. The number of hydrogen-bond donors (Lipinski definition) is 0. The third-order valence-corrected chi connectivity index (χ3v) is 12.7. The zero-order valence-electron chi connectivity index (χ0n) is 31.8. The van der Waals surface area contributed by atoms with E-state index in [0.717, 1.165) is 77.4 Å².